The van der Waals surface area contributed by atoms with E-state index in [9.17, 15) is 4.79 Å². The number of amides is 1. The summed E-state index contributed by atoms with van der Waals surface area (Å²) >= 11 is 0. The van der Waals surface area contributed by atoms with Crippen molar-refractivity contribution in [3.8, 4) is 0 Å². The molecule has 0 aromatic heterocycles. The summed E-state index contributed by atoms with van der Waals surface area (Å²) < 4.78 is 11.2. The number of hydrogen-bond acceptors (Lipinski definition) is 3. The van der Waals surface area contributed by atoms with E-state index in [-0.39, 0.29) is 11.4 Å². The fourth-order valence-corrected chi connectivity index (χ4v) is 3.27. The van der Waals surface area contributed by atoms with E-state index in [0.29, 0.717) is 19.8 Å². The van der Waals surface area contributed by atoms with Crippen LogP contribution in [-0.2, 0) is 19.8 Å². The summed E-state index contributed by atoms with van der Waals surface area (Å²) in [5, 5.41) is 3.29. The number of rotatable bonds is 3. The molecule has 0 bridgehead atoms. The van der Waals surface area contributed by atoms with Crippen LogP contribution in [-0.4, -0.2) is 31.3 Å². The van der Waals surface area contributed by atoms with Gasteiger partial charge in [-0.3, -0.25) is 4.79 Å². The van der Waals surface area contributed by atoms with Crippen molar-refractivity contribution in [1.82, 2.24) is 5.32 Å². The fourth-order valence-electron chi connectivity index (χ4n) is 3.27. The molecule has 1 aromatic rings. The first-order valence-electron chi connectivity index (χ1n) is 7.75. The molecule has 2 aliphatic heterocycles. The smallest absolute Gasteiger partial charge is 0.252 e. The van der Waals surface area contributed by atoms with Gasteiger partial charge in [0.05, 0.1) is 5.54 Å². The van der Waals surface area contributed by atoms with E-state index in [4.69, 9.17) is 9.47 Å². The molecule has 0 aliphatic carbocycles. The molecule has 21 heavy (non-hydrogen) atoms. The molecule has 1 aromatic carbocycles. The fraction of sp³-hybridized carbons (Fsp3) is 0.588. The van der Waals surface area contributed by atoms with Gasteiger partial charge >= 0.3 is 0 Å². The standard InChI is InChI=1S/C17H23NO3/c1-16(8-5-11-21-16)15(19)18-17(9-12-20-13-10-17)14-6-3-2-4-7-14/h2-4,6-7H,5,8-13H2,1H3,(H,18,19)/t16-/m1/s1. The summed E-state index contributed by atoms with van der Waals surface area (Å²) in [6.07, 6.45) is 3.35. The normalized spacial score (nSPS) is 28.2. The predicted octanol–water partition coefficient (Wildman–Crippen LogP) is 2.38. The number of carbonyl (C=O) groups excluding carboxylic acids is 1. The van der Waals surface area contributed by atoms with E-state index in [1.165, 1.54) is 0 Å². The van der Waals surface area contributed by atoms with Gasteiger partial charge in [0.15, 0.2) is 0 Å². The SMILES string of the molecule is C[C@]1(C(=O)NC2(c3ccccc3)CCOCC2)CCCO1. The van der Waals surface area contributed by atoms with Crippen molar-refractivity contribution >= 4 is 5.91 Å². The lowest BCUT2D eigenvalue weighted by Gasteiger charge is -2.40. The van der Waals surface area contributed by atoms with Crippen LogP contribution in [0.25, 0.3) is 0 Å². The molecular formula is C17H23NO3. The molecule has 2 saturated heterocycles. The maximum absolute atomic E-state index is 12.7. The lowest BCUT2D eigenvalue weighted by molar-refractivity contribution is -0.143. The van der Waals surface area contributed by atoms with Gasteiger partial charge in [-0.2, -0.15) is 0 Å². The van der Waals surface area contributed by atoms with E-state index >= 15 is 0 Å². The first-order chi connectivity index (χ1) is 10.1. The highest BCUT2D eigenvalue weighted by Crippen LogP contribution is 2.34. The van der Waals surface area contributed by atoms with Crippen LogP contribution in [0, 0.1) is 0 Å². The van der Waals surface area contributed by atoms with Gasteiger partial charge in [0, 0.05) is 19.8 Å². The Labute approximate surface area is 125 Å². The molecule has 2 heterocycles. The zero-order valence-corrected chi connectivity index (χ0v) is 12.6. The third-order valence-corrected chi connectivity index (χ3v) is 4.72. The van der Waals surface area contributed by atoms with Gasteiger partial charge in [-0.1, -0.05) is 30.3 Å². The maximum atomic E-state index is 12.7. The van der Waals surface area contributed by atoms with Crippen molar-refractivity contribution in [2.45, 2.75) is 43.7 Å². The second-order valence-corrected chi connectivity index (χ2v) is 6.20. The number of nitrogens with one attached hydrogen (secondary N) is 1. The molecule has 0 saturated carbocycles. The van der Waals surface area contributed by atoms with Crippen LogP contribution < -0.4 is 5.32 Å². The highest BCUT2D eigenvalue weighted by molar-refractivity contribution is 5.85. The van der Waals surface area contributed by atoms with Gasteiger partial charge < -0.3 is 14.8 Å². The summed E-state index contributed by atoms with van der Waals surface area (Å²) in [7, 11) is 0. The molecule has 4 nitrogen and oxygen atoms in total. The molecule has 2 fully saturated rings. The molecule has 3 rings (SSSR count). The van der Waals surface area contributed by atoms with Gasteiger partial charge in [-0.05, 0) is 38.2 Å². The van der Waals surface area contributed by atoms with Crippen LogP contribution in [0.5, 0.6) is 0 Å². The van der Waals surface area contributed by atoms with Crippen molar-refractivity contribution in [3.05, 3.63) is 35.9 Å². The quantitative estimate of drug-likeness (QED) is 0.929. The Balaban J connectivity index is 1.85. The highest BCUT2D eigenvalue weighted by atomic mass is 16.5. The topological polar surface area (TPSA) is 47.6 Å². The minimum absolute atomic E-state index is 0.00533. The van der Waals surface area contributed by atoms with Crippen molar-refractivity contribution in [2.75, 3.05) is 19.8 Å². The Morgan fingerprint density at radius 2 is 1.81 bits per heavy atom. The van der Waals surface area contributed by atoms with Gasteiger partial charge in [0.2, 0.25) is 0 Å². The molecule has 0 spiro atoms. The summed E-state index contributed by atoms with van der Waals surface area (Å²) in [6, 6.07) is 10.2. The van der Waals surface area contributed by atoms with Crippen molar-refractivity contribution in [1.29, 1.82) is 0 Å². The Morgan fingerprint density at radius 1 is 1.10 bits per heavy atom. The van der Waals surface area contributed by atoms with Crippen LogP contribution in [0.15, 0.2) is 30.3 Å². The molecular weight excluding hydrogens is 266 g/mol. The molecule has 2 aliphatic rings. The maximum Gasteiger partial charge on any atom is 0.252 e. The minimum Gasteiger partial charge on any atom is -0.381 e. The number of carbonyl (C=O) groups is 1. The lowest BCUT2D eigenvalue weighted by atomic mass is 9.82. The minimum atomic E-state index is -0.680. The van der Waals surface area contributed by atoms with E-state index in [1.54, 1.807) is 0 Å². The largest absolute Gasteiger partial charge is 0.381 e. The molecule has 1 atom stereocenters. The summed E-state index contributed by atoms with van der Waals surface area (Å²) in [6.45, 7) is 3.91. The number of benzene rings is 1. The predicted molar refractivity (Wildman–Crippen MR) is 79.9 cm³/mol. The Morgan fingerprint density at radius 3 is 2.43 bits per heavy atom. The highest BCUT2D eigenvalue weighted by Gasteiger charge is 2.43. The zero-order valence-electron chi connectivity index (χ0n) is 12.6. The molecule has 0 unspecified atom stereocenters. The van der Waals surface area contributed by atoms with Crippen molar-refractivity contribution in [2.24, 2.45) is 0 Å². The third kappa shape index (κ3) is 2.83. The van der Waals surface area contributed by atoms with Gasteiger partial charge in [0.1, 0.15) is 5.60 Å². The Hall–Kier alpha value is -1.39. The Bertz CT molecular complexity index is 488. The van der Waals surface area contributed by atoms with Crippen molar-refractivity contribution in [3.63, 3.8) is 0 Å². The monoisotopic (exact) mass is 289 g/mol. The summed E-state index contributed by atoms with van der Waals surface area (Å²) in [4.78, 5) is 12.7. The number of ether oxygens (including phenoxy) is 2. The first kappa shape index (κ1) is 14.5. The summed E-state index contributed by atoms with van der Waals surface area (Å²) in [5.41, 5.74) is 0.147. The molecule has 0 radical (unpaired) electrons. The number of hydrogen-bond donors (Lipinski definition) is 1. The van der Waals surface area contributed by atoms with Crippen LogP contribution in [0.1, 0.15) is 38.2 Å². The van der Waals surface area contributed by atoms with Crippen molar-refractivity contribution < 1.29 is 14.3 Å². The van der Waals surface area contributed by atoms with Crippen LogP contribution in [0.4, 0.5) is 0 Å². The van der Waals surface area contributed by atoms with E-state index in [0.717, 1.165) is 31.2 Å². The van der Waals surface area contributed by atoms with E-state index in [1.807, 2.05) is 25.1 Å². The lowest BCUT2D eigenvalue weighted by Crippen LogP contribution is -2.55. The average molecular weight is 289 g/mol. The Kier molecular flexibility index (Phi) is 4.00. The van der Waals surface area contributed by atoms with Crippen LogP contribution >= 0.6 is 0 Å². The van der Waals surface area contributed by atoms with E-state index < -0.39 is 5.60 Å². The zero-order chi connectivity index (χ0) is 14.8. The molecule has 1 amide bonds. The molecule has 114 valence electrons. The average Bonchev–Trinajstić information content (AvgIpc) is 2.97. The second-order valence-electron chi connectivity index (χ2n) is 6.20. The molecule has 1 N–H and O–H groups in total. The molecule has 4 heteroatoms. The van der Waals surface area contributed by atoms with Gasteiger partial charge in [-0.25, -0.2) is 0 Å². The van der Waals surface area contributed by atoms with E-state index in [2.05, 4.69) is 17.4 Å². The second kappa shape index (κ2) is 5.78. The third-order valence-electron chi connectivity index (χ3n) is 4.72. The first-order valence-corrected chi connectivity index (χ1v) is 7.75. The van der Waals surface area contributed by atoms with Crippen LogP contribution in [0.2, 0.25) is 0 Å². The van der Waals surface area contributed by atoms with Gasteiger partial charge in [0.25, 0.3) is 5.91 Å². The summed E-state index contributed by atoms with van der Waals surface area (Å²) in [5.74, 6) is 0.00533. The van der Waals surface area contributed by atoms with Crippen LogP contribution in [0.3, 0.4) is 0 Å². The van der Waals surface area contributed by atoms with Gasteiger partial charge in [-0.15, -0.1) is 0 Å².